The molecule has 6 N–H and O–H groups in total. The topological polar surface area (TPSA) is 249 Å². The number of hydrogen-bond acceptors (Lipinski definition) is 18. The molecular formula is C53H90N6O14. The van der Waals surface area contributed by atoms with E-state index in [1.54, 1.807) is 57.6 Å². The van der Waals surface area contributed by atoms with Crippen LogP contribution in [-0.2, 0) is 50.9 Å². The van der Waals surface area contributed by atoms with Gasteiger partial charge in [-0.1, -0.05) is 50.6 Å². The minimum Gasteiger partial charge on any atom is -0.459 e. The molecule has 4 heterocycles. The number of hydrogen-bond donors (Lipinski definition) is 6. The van der Waals surface area contributed by atoms with Crippen LogP contribution in [0.5, 0.6) is 0 Å². The third kappa shape index (κ3) is 15.2. The number of ether oxygens (including phenoxy) is 7. The molecule has 1 aromatic carbocycles. The number of cyclic esters (lactones) is 1. The lowest BCUT2D eigenvalue weighted by Crippen LogP contribution is -2.60. The number of aliphatic hydroxyl groups excluding tert-OH is 3. The molecule has 0 bridgehead atoms. The number of aryl methyl sites for hydroxylation is 1. The van der Waals surface area contributed by atoms with Crippen molar-refractivity contribution >= 4 is 17.7 Å². The Morgan fingerprint density at radius 2 is 1.68 bits per heavy atom. The minimum atomic E-state index is -1.79. The van der Waals surface area contributed by atoms with Crippen LogP contribution >= 0.6 is 0 Å². The summed E-state index contributed by atoms with van der Waals surface area (Å²) < 4.78 is 45.3. The van der Waals surface area contributed by atoms with Gasteiger partial charge in [-0.15, -0.1) is 5.10 Å². The van der Waals surface area contributed by atoms with Crippen LogP contribution in [0.25, 0.3) is 0 Å². The van der Waals surface area contributed by atoms with Gasteiger partial charge >= 0.3 is 12.1 Å². The van der Waals surface area contributed by atoms with Crippen molar-refractivity contribution in [1.29, 1.82) is 0 Å². The molecule has 3 fully saturated rings. The Bertz CT molecular complexity index is 2030. The third-order valence-corrected chi connectivity index (χ3v) is 15.9. The Balaban J connectivity index is 1.38. The molecule has 3 aliphatic heterocycles. The van der Waals surface area contributed by atoms with Crippen molar-refractivity contribution in [1.82, 2.24) is 24.8 Å². The number of anilines is 1. The first-order valence-electron chi connectivity index (χ1n) is 26.4. The first kappa shape index (κ1) is 60.5. The van der Waals surface area contributed by atoms with Crippen molar-refractivity contribution in [3.05, 3.63) is 41.7 Å². The average molecular weight is 1040 g/mol. The second-order valence-electron chi connectivity index (χ2n) is 22.0. The summed E-state index contributed by atoms with van der Waals surface area (Å²) in [5.41, 5.74) is -1.92. The second-order valence-corrected chi connectivity index (χ2v) is 22.0. The molecule has 416 valence electrons. The molecule has 18 atom stereocenters. The number of benzene rings is 1. The number of esters is 1. The van der Waals surface area contributed by atoms with Crippen LogP contribution in [0.3, 0.4) is 0 Å². The third-order valence-electron chi connectivity index (χ3n) is 15.9. The van der Waals surface area contributed by atoms with Gasteiger partial charge in [-0.25, -0.2) is 9.48 Å². The SMILES string of the molecule is CC[C@H]1OC(=O)[C@H](C)[C@@H](OC[C@H]2C[C@@](C)(OC)[C@@H](O)[C@H](C)O2)[C@H](C)[C@@H](O[C@@H]2O[C@H](C)C[C@H](N(C)CCc3cn(CCOC(=O)Nc4ccc(C)cc4)nn3)[C@H]2O)[C@](C)(O)C[C@@H](C)CN(C)[C@H](C)[C@@H](O)[C@@]1(O)CC. The van der Waals surface area contributed by atoms with E-state index in [4.69, 9.17) is 33.2 Å². The molecule has 0 aliphatic carbocycles. The number of rotatable bonds is 16. The predicted octanol–water partition coefficient (Wildman–Crippen LogP) is 4.09. The largest absolute Gasteiger partial charge is 0.459 e. The van der Waals surface area contributed by atoms with Gasteiger partial charge in [0.2, 0.25) is 0 Å². The fourth-order valence-corrected chi connectivity index (χ4v) is 11.3. The molecule has 0 radical (unpaired) electrons. The van der Waals surface area contributed by atoms with Crippen molar-refractivity contribution in [3.63, 3.8) is 0 Å². The van der Waals surface area contributed by atoms with Gasteiger partial charge in [0, 0.05) is 62.9 Å². The molecule has 20 heteroatoms. The highest BCUT2D eigenvalue weighted by Gasteiger charge is 2.52. The zero-order valence-electron chi connectivity index (χ0n) is 46.0. The Morgan fingerprint density at radius 1 is 1.00 bits per heavy atom. The number of nitrogens with one attached hydrogen (secondary N) is 1. The van der Waals surface area contributed by atoms with Gasteiger partial charge < -0.3 is 68.5 Å². The summed E-state index contributed by atoms with van der Waals surface area (Å²) >= 11 is 0. The van der Waals surface area contributed by atoms with Crippen LogP contribution in [0.15, 0.2) is 30.5 Å². The molecule has 0 saturated carbocycles. The summed E-state index contributed by atoms with van der Waals surface area (Å²) in [6.07, 6.45) is -6.28. The zero-order chi connectivity index (χ0) is 54.2. The summed E-state index contributed by atoms with van der Waals surface area (Å²) in [6.45, 7) is 21.3. The highest BCUT2D eigenvalue weighted by molar-refractivity contribution is 5.84. The molecule has 1 aromatic heterocycles. The van der Waals surface area contributed by atoms with Crippen molar-refractivity contribution in [3.8, 4) is 0 Å². The number of nitrogens with zero attached hydrogens (tertiary/aromatic N) is 5. The number of aliphatic hydroxyl groups is 5. The van der Waals surface area contributed by atoms with E-state index in [1.807, 2.05) is 77.6 Å². The van der Waals surface area contributed by atoms with Gasteiger partial charge in [-0.2, -0.15) is 0 Å². The molecular weight excluding hydrogens is 945 g/mol. The second kappa shape index (κ2) is 26.1. The number of aromatic nitrogens is 3. The van der Waals surface area contributed by atoms with E-state index in [9.17, 15) is 35.1 Å². The molecule has 1 amide bonds. The summed E-state index contributed by atoms with van der Waals surface area (Å²) in [7, 11) is 5.30. The molecule has 3 aliphatic rings. The van der Waals surface area contributed by atoms with Crippen molar-refractivity contribution in [2.45, 2.75) is 211 Å². The Kier molecular flexibility index (Phi) is 21.6. The maximum Gasteiger partial charge on any atom is 0.411 e. The number of methoxy groups -OCH3 is 1. The fourth-order valence-electron chi connectivity index (χ4n) is 11.3. The van der Waals surface area contributed by atoms with Crippen LogP contribution < -0.4 is 5.32 Å². The first-order valence-corrected chi connectivity index (χ1v) is 26.4. The van der Waals surface area contributed by atoms with Crippen molar-refractivity contribution < 1.29 is 68.3 Å². The smallest absolute Gasteiger partial charge is 0.411 e. The standard InChI is InChI=1S/C53H90N6O14/c1-15-42-53(66,16-2)45(61)36(8)58(13)28-32(4)26-51(10,65)47(34(6)44(35(7)48(63)72-42)69-30-40-27-52(11,67-14)46(62)37(9)71-40)73-49-43(60)41(25-33(5)70-49)57(12)22-21-39-29-59(56-55-39)23-24-68-50(64)54-38-19-17-31(3)18-20-38/h17-20,29,32-37,40-47,49,60-62,65-66H,15-16,21-28,30H2,1-14H3,(H,54,64)/t32-,33-,34+,35-,36-,37+,40-,41+,42-,43-,44+,45-,46+,47-,49+,51-,52-,53-/m1/s1. The van der Waals surface area contributed by atoms with E-state index < -0.39 is 108 Å². The van der Waals surface area contributed by atoms with Gasteiger partial charge in [-0.3, -0.25) is 10.1 Å². The van der Waals surface area contributed by atoms with E-state index in [0.29, 0.717) is 43.9 Å². The number of carbonyl (C=O) groups excluding carboxylic acids is 2. The van der Waals surface area contributed by atoms with Crippen LogP contribution in [0.2, 0.25) is 0 Å². The average Bonchev–Trinajstić information content (AvgIpc) is 3.80. The highest BCUT2D eigenvalue weighted by atomic mass is 16.7. The molecule has 2 aromatic rings. The van der Waals surface area contributed by atoms with Crippen molar-refractivity contribution in [2.24, 2.45) is 17.8 Å². The van der Waals surface area contributed by atoms with E-state index in [-0.39, 0.29) is 50.9 Å². The zero-order valence-corrected chi connectivity index (χ0v) is 46.0. The minimum absolute atomic E-state index is 0.0231. The highest BCUT2D eigenvalue weighted by Crippen LogP contribution is 2.39. The lowest BCUT2D eigenvalue weighted by atomic mass is 9.77. The van der Waals surface area contributed by atoms with Gasteiger partial charge in [0.15, 0.2) is 6.29 Å². The molecule has 73 heavy (non-hydrogen) atoms. The van der Waals surface area contributed by atoms with Gasteiger partial charge in [0.05, 0.1) is 66.5 Å². The van der Waals surface area contributed by atoms with E-state index in [0.717, 1.165) is 5.56 Å². The van der Waals surface area contributed by atoms with Gasteiger partial charge in [-0.05, 0) is 106 Å². The maximum absolute atomic E-state index is 14.6. The Hall–Kier alpha value is -3.38. The summed E-state index contributed by atoms with van der Waals surface area (Å²) in [6, 6.07) is 6.40. The van der Waals surface area contributed by atoms with E-state index in [2.05, 4.69) is 15.6 Å². The number of amides is 1. The molecule has 5 rings (SSSR count). The summed E-state index contributed by atoms with van der Waals surface area (Å²) in [5, 5.41) is 71.3. The molecule has 20 nitrogen and oxygen atoms in total. The summed E-state index contributed by atoms with van der Waals surface area (Å²) in [4.78, 5) is 30.9. The van der Waals surface area contributed by atoms with Crippen LogP contribution in [-0.4, -0.2) is 200 Å². The summed E-state index contributed by atoms with van der Waals surface area (Å²) in [5.74, 6) is -2.66. The van der Waals surface area contributed by atoms with Crippen molar-refractivity contribution in [2.75, 3.05) is 52.8 Å². The monoisotopic (exact) mass is 1030 g/mol. The Labute approximate surface area is 433 Å². The Morgan fingerprint density at radius 3 is 2.33 bits per heavy atom. The van der Waals surface area contributed by atoms with Crippen LogP contribution in [0.1, 0.15) is 113 Å². The van der Waals surface area contributed by atoms with E-state index in [1.165, 1.54) is 7.11 Å². The lowest BCUT2D eigenvalue weighted by molar-refractivity contribution is -0.301. The fraction of sp³-hybridized carbons (Fsp3) is 0.811. The molecule has 3 saturated heterocycles. The van der Waals surface area contributed by atoms with Gasteiger partial charge in [0.25, 0.3) is 0 Å². The number of likely N-dealkylation sites (N-methyl/N-ethyl adjacent to an activating group) is 2. The van der Waals surface area contributed by atoms with E-state index >= 15 is 0 Å². The normalized spacial score (nSPS) is 38.6. The molecule has 0 unspecified atom stereocenters. The lowest BCUT2D eigenvalue weighted by Gasteiger charge is -2.48. The quantitative estimate of drug-likeness (QED) is 0.130. The van der Waals surface area contributed by atoms with Gasteiger partial charge in [0.1, 0.15) is 36.6 Å². The van der Waals surface area contributed by atoms with Crippen LogP contribution in [0.4, 0.5) is 10.5 Å². The number of carbonyl (C=O) groups is 2. The van der Waals surface area contributed by atoms with Crippen LogP contribution in [0, 0.1) is 24.7 Å². The predicted molar refractivity (Wildman–Crippen MR) is 272 cm³/mol. The molecule has 0 spiro atoms. The maximum atomic E-state index is 14.6. The first-order chi connectivity index (χ1) is 34.3.